The van der Waals surface area contributed by atoms with E-state index in [4.69, 9.17) is 11.6 Å². The van der Waals surface area contributed by atoms with Crippen molar-refractivity contribution in [2.45, 2.75) is 33.2 Å². The fourth-order valence-electron chi connectivity index (χ4n) is 3.53. The minimum Gasteiger partial charge on any atom is -0.352 e. The number of hydrogen-bond acceptors (Lipinski definition) is 4. The van der Waals surface area contributed by atoms with Gasteiger partial charge in [-0.05, 0) is 50.1 Å². The van der Waals surface area contributed by atoms with Gasteiger partial charge in [-0.2, -0.15) is 9.50 Å². The van der Waals surface area contributed by atoms with Crippen molar-refractivity contribution in [1.82, 2.24) is 24.5 Å². The Morgan fingerprint density at radius 2 is 1.75 bits per heavy atom. The van der Waals surface area contributed by atoms with Gasteiger partial charge in [-0.1, -0.05) is 41.4 Å². The third-order valence-corrected chi connectivity index (χ3v) is 5.85. The summed E-state index contributed by atoms with van der Waals surface area (Å²) in [4.78, 5) is 30.0. The zero-order valence-corrected chi connectivity index (χ0v) is 19.0. The highest BCUT2D eigenvalue weighted by atomic mass is 35.5. The molecule has 1 N–H and O–H groups in total. The van der Waals surface area contributed by atoms with Crippen molar-refractivity contribution in [3.05, 3.63) is 86.3 Å². The summed E-state index contributed by atoms with van der Waals surface area (Å²) in [5.41, 5.74) is 4.05. The number of amides is 1. The quantitative estimate of drug-likeness (QED) is 0.487. The molecule has 7 nitrogen and oxygen atoms in total. The van der Waals surface area contributed by atoms with E-state index < -0.39 is 0 Å². The first kappa shape index (κ1) is 21.8. The molecule has 32 heavy (non-hydrogen) atoms. The molecule has 4 rings (SSSR count). The number of aryl methyl sites for hydroxylation is 2. The molecule has 0 radical (unpaired) electrons. The maximum atomic E-state index is 13.1. The number of carbonyl (C=O) groups is 1. The summed E-state index contributed by atoms with van der Waals surface area (Å²) < 4.78 is 3.13. The van der Waals surface area contributed by atoms with Crippen LogP contribution < -0.4 is 10.9 Å². The molecule has 2 aromatic carbocycles. The number of aromatic nitrogens is 4. The molecule has 164 valence electrons. The SMILES string of the molecule is Cc1ccc(CNC(=O)CCc2c(C)n(C)c3nc(-c4ccc(Cl)cc4)nn3c2=O)cc1. The van der Waals surface area contributed by atoms with Crippen molar-refractivity contribution in [3.8, 4) is 11.4 Å². The fourth-order valence-corrected chi connectivity index (χ4v) is 3.66. The van der Waals surface area contributed by atoms with Gasteiger partial charge in [-0.3, -0.25) is 9.59 Å². The molecule has 0 saturated carbocycles. The van der Waals surface area contributed by atoms with Crippen molar-refractivity contribution in [2.24, 2.45) is 7.05 Å². The molecule has 0 unspecified atom stereocenters. The number of nitrogens with zero attached hydrogens (tertiary/aromatic N) is 4. The molecular formula is C24H24ClN5O2. The third-order valence-electron chi connectivity index (χ3n) is 5.60. The van der Waals surface area contributed by atoms with Crippen molar-refractivity contribution >= 4 is 23.3 Å². The van der Waals surface area contributed by atoms with E-state index in [2.05, 4.69) is 15.4 Å². The lowest BCUT2D eigenvalue weighted by Crippen LogP contribution is -2.28. The second-order valence-electron chi connectivity index (χ2n) is 7.84. The van der Waals surface area contributed by atoms with Crippen molar-refractivity contribution < 1.29 is 4.79 Å². The molecule has 8 heteroatoms. The highest BCUT2D eigenvalue weighted by Crippen LogP contribution is 2.19. The van der Waals surface area contributed by atoms with Crippen LogP contribution >= 0.6 is 11.6 Å². The summed E-state index contributed by atoms with van der Waals surface area (Å²) in [6, 6.07) is 15.2. The van der Waals surface area contributed by atoms with Crippen molar-refractivity contribution in [3.63, 3.8) is 0 Å². The Balaban J connectivity index is 1.53. The second kappa shape index (κ2) is 8.96. The molecule has 1 amide bonds. The standard InChI is InChI=1S/C24H24ClN5O2/c1-15-4-6-17(7-5-15)14-26-21(31)13-12-20-16(2)29(3)24-27-22(28-30(24)23(20)32)18-8-10-19(25)11-9-18/h4-11H,12-14H2,1-3H3,(H,26,31). The van der Waals surface area contributed by atoms with Crippen LogP contribution in [-0.4, -0.2) is 25.1 Å². The van der Waals surface area contributed by atoms with E-state index in [-0.39, 0.29) is 17.9 Å². The van der Waals surface area contributed by atoms with Crippen molar-refractivity contribution in [1.29, 1.82) is 0 Å². The Morgan fingerprint density at radius 3 is 2.44 bits per heavy atom. The Kier molecular flexibility index (Phi) is 6.10. The minimum absolute atomic E-state index is 0.104. The molecule has 0 saturated heterocycles. The smallest absolute Gasteiger partial charge is 0.279 e. The van der Waals surface area contributed by atoms with Crippen LogP contribution in [0.15, 0.2) is 53.3 Å². The number of hydrogen-bond donors (Lipinski definition) is 1. The van der Waals surface area contributed by atoms with E-state index >= 15 is 0 Å². The Labute approximate surface area is 190 Å². The fraction of sp³-hybridized carbons (Fsp3) is 0.250. The van der Waals surface area contributed by atoms with Gasteiger partial charge < -0.3 is 9.88 Å². The number of benzene rings is 2. The highest BCUT2D eigenvalue weighted by Gasteiger charge is 2.17. The summed E-state index contributed by atoms with van der Waals surface area (Å²) in [6.45, 7) is 4.34. The largest absolute Gasteiger partial charge is 0.352 e. The zero-order chi connectivity index (χ0) is 22.8. The van der Waals surface area contributed by atoms with Gasteiger partial charge in [0, 0.05) is 41.9 Å². The maximum Gasteiger partial charge on any atom is 0.279 e. The molecule has 0 aliphatic carbocycles. The lowest BCUT2D eigenvalue weighted by molar-refractivity contribution is -0.121. The zero-order valence-electron chi connectivity index (χ0n) is 18.2. The van der Waals surface area contributed by atoms with Crippen LogP contribution in [0.1, 0.15) is 28.8 Å². The van der Waals surface area contributed by atoms with E-state index in [1.54, 1.807) is 12.1 Å². The normalized spacial score (nSPS) is 11.1. The molecule has 0 aliphatic rings. The van der Waals surface area contributed by atoms with Gasteiger partial charge in [0.15, 0.2) is 5.82 Å². The number of fused-ring (bicyclic) bond motifs is 1. The molecular weight excluding hydrogens is 426 g/mol. The Bertz CT molecular complexity index is 1340. The van der Waals surface area contributed by atoms with E-state index in [9.17, 15) is 9.59 Å². The topological polar surface area (TPSA) is 81.3 Å². The molecule has 4 aromatic rings. The van der Waals surface area contributed by atoms with E-state index in [1.165, 1.54) is 10.1 Å². The van der Waals surface area contributed by atoms with Gasteiger partial charge in [0.25, 0.3) is 5.56 Å². The average molecular weight is 450 g/mol. The third kappa shape index (κ3) is 4.43. The van der Waals surface area contributed by atoms with Gasteiger partial charge >= 0.3 is 0 Å². The van der Waals surface area contributed by atoms with Gasteiger partial charge in [0.1, 0.15) is 0 Å². The number of rotatable bonds is 6. The minimum atomic E-state index is -0.255. The maximum absolute atomic E-state index is 13.1. The van der Waals surface area contributed by atoms with Crippen LogP contribution in [0.4, 0.5) is 0 Å². The van der Waals surface area contributed by atoms with Crippen LogP contribution in [0.5, 0.6) is 0 Å². The van der Waals surface area contributed by atoms with E-state index in [1.807, 2.05) is 61.9 Å². The summed E-state index contributed by atoms with van der Waals surface area (Å²) >= 11 is 5.96. The van der Waals surface area contributed by atoms with Crippen LogP contribution in [-0.2, 0) is 24.8 Å². The molecule has 0 spiro atoms. The number of carbonyl (C=O) groups excluding carboxylic acids is 1. The van der Waals surface area contributed by atoms with Crippen molar-refractivity contribution in [2.75, 3.05) is 0 Å². The first-order chi connectivity index (χ1) is 15.3. The lowest BCUT2D eigenvalue weighted by Gasteiger charge is -2.11. The molecule has 0 fully saturated rings. The predicted octanol–water partition coefficient (Wildman–Crippen LogP) is 3.61. The first-order valence-electron chi connectivity index (χ1n) is 10.4. The second-order valence-corrected chi connectivity index (χ2v) is 8.28. The number of nitrogens with one attached hydrogen (secondary N) is 1. The van der Waals surface area contributed by atoms with Gasteiger partial charge in [0.05, 0.1) is 0 Å². The van der Waals surface area contributed by atoms with Crippen LogP contribution in [0, 0.1) is 13.8 Å². The monoisotopic (exact) mass is 449 g/mol. The highest BCUT2D eigenvalue weighted by molar-refractivity contribution is 6.30. The van der Waals surface area contributed by atoms with Crippen LogP contribution in [0.25, 0.3) is 17.2 Å². The molecule has 2 heterocycles. The summed E-state index contributed by atoms with van der Waals surface area (Å²) in [5.74, 6) is 0.791. The first-order valence-corrected chi connectivity index (χ1v) is 10.7. The summed E-state index contributed by atoms with van der Waals surface area (Å²) in [6.07, 6.45) is 0.538. The van der Waals surface area contributed by atoms with Gasteiger partial charge in [-0.15, -0.1) is 5.10 Å². The summed E-state index contributed by atoms with van der Waals surface area (Å²) in [5, 5.41) is 7.95. The predicted molar refractivity (Wildman–Crippen MR) is 125 cm³/mol. The van der Waals surface area contributed by atoms with Gasteiger partial charge in [-0.25, -0.2) is 0 Å². The average Bonchev–Trinajstić information content (AvgIpc) is 3.23. The number of halogens is 1. The molecule has 0 aliphatic heterocycles. The Morgan fingerprint density at radius 1 is 1.06 bits per heavy atom. The summed E-state index contributed by atoms with van der Waals surface area (Å²) in [7, 11) is 1.84. The molecule has 0 bridgehead atoms. The molecule has 0 atom stereocenters. The van der Waals surface area contributed by atoms with Gasteiger partial charge in [0.2, 0.25) is 11.7 Å². The van der Waals surface area contributed by atoms with E-state index in [0.29, 0.717) is 35.2 Å². The lowest BCUT2D eigenvalue weighted by atomic mass is 10.1. The molecule has 2 aromatic heterocycles. The van der Waals surface area contributed by atoms with Crippen LogP contribution in [0.2, 0.25) is 5.02 Å². The van der Waals surface area contributed by atoms with Crippen LogP contribution in [0.3, 0.4) is 0 Å². The van der Waals surface area contributed by atoms with E-state index in [0.717, 1.165) is 16.8 Å². The Hall–Kier alpha value is -3.45.